The Morgan fingerprint density at radius 3 is 2.70 bits per heavy atom. The Morgan fingerprint density at radius 2 is 2.04 bits per heavy atom. The van der Waals surface area contributed by atoms with Crippen molar-refractivity contribution in [2.24, 2.45) is 5.14 Å². The van der Waals surface area contributed by atoms with Gasteiger partial charge in [-0.25, -0.2) is 18.5 Å². The molecule has 1 heterocycles. The van der Waals surface area contributed by atoms with Gasteiger partial charge in [-0.15, -0.1) is 11.3 Å². The molecule has 3 N–H and O–H groups in total. The van der Waals surface area contributed by atoms with Crippen molar-refractivity contribution in [3.63, 3.8) is 0 Å². The second-order valence-electron chi connectivity index (χ2n) is 4.49. The maximum atomic E-state index is 11.8. The van der Waals surface area contributed by atoms with Crippen LogP contribution in [0.5, 0.6) is 5.75 Å². The summed E-state index contributed by atoms with van der Waals surface area (Å²) in [7, 11) is -3.60. The molecule has 1 aromatic carbocycles. The van der Waals surface area contributed by atoms with Crippen LogP contribution in [0.15, 0.2) is 29.6 Å². The first kappa shape index (κ1) is 17.7. The summed E-state index contributed by atoms with van der Waals surface area (Å²) in [5.41, 5.74) is 0.208. The molecule has 0 aliphatic rings. The monoisotopic (exact) mass is 375 g/mol. The first-order valence-corrected chi connectivity index (χ1v) is 9.42. The second kappa shape index (κ2) is 7.73. The quantitative estimate of drug-likeness (QED) is 0.759. The number of benzene rings is 1. The van der Waals surface area contributed by atoms with Gasteiger partial charge in [0, 0.05) is 16.9 Å². The Hall–Kier alpha value is -1.68. The number of nitrogens with two attached hydrogens (primary N) is 1. The predicted molar refractivity (Wildman–Crippen MR) is 88.2 cm³/mol. The molecule has 0 unspecified atom stereocenters. The average molecular weight is 376 g/mol. The number of sulfonamides is 1. The van der Waals surface area contributed by atoms with Gasteiger partial charge in [0.15, 0.2) is 0 Å². The number of ether oxygens (including phenoxy) is 1. The van der Waals surface area contributed by atoms with E-state index in [0.717, 1.165) is 0 Å². The Labute approximate surface area is 142 Å². The van der Waals surface area contributed by atoms with Crippen molar-refractivity contribution < 1.29 is 17.9 Å². The number of nitrogens with one attached hydrogen (secondary N) is 1. The third kappa shape index (κ3) is 6.14. The number of carbonyl (C=O) groups excluding carboxylic acids is 1. The summed E-state index contributed by atoms with van der Waals surface area (Å²) in [6, 6.07) is 6.89. The molecule has 0 saturated heterocycles. The normalized spacial score (nSPS) is 11.2. The van der Waals surface area contributed by atoms with Crippen LogP contribution in [0, 0.1) is 0 Å². The zero-order valence-corrected chi connectivity index (χ0v) is 14.2. The molecule has 0 aliphatic heterocycles. The van der Waals surface area contributed by atoms with Gasteiger partial charge in [0.25, 0.3) is 5.91 Å². The molecular formula is C13H14ClN3O4S2. The van der Waals surface area contributed by atoms with Crippen LogP contribution in [-0.4, -0.2) is 31.6 Å². The fourth-order valence-electron chi connectivity index (χ4n) is 1.55. The summed E-state index contributed by atoms with van der Waals surface area (Å²) in [6.45, 7) is 0.155. The van der Waals surface area contributed by atoms with Crippen LogP contribution in [0.3, 0.4) is 0 Å². The van der Waals surface area contributed by atoms with E-state index < -0.39 is 15.9 Å². The molecule has 10 heteroatoms. The smallest absolute Gasteiger partial charge is 0.270 e. The number of amides is 1. The molecule has 23 heavy (non-hydrogen) atoms. The molecule has 0 spiro atoms. The number of carbonyl (C=O) groups is 1. The molecule has 2 aromatic rings. The summed E-state index contributed by atoms with van der Waals surface area (Å²) in [5, 5.41) is 10.1. The predicted octanol–water partition coefficient (Wildman–Crippen LogP) is 1.39. The number of hydrogen-bond acceptors (Lipinski definition) is 6. The molecule has 0 saturated carbocycles. The molecule has 0 radical (unpaired) electrons. The lowest BCUT2D eigenvalue weighted by Crippen LogP contribution is -2.31. The molecule has 1 aromatic heterocycles. The van der Waals surface area contributed by atoms with Gasteiger partial charge >= 0.3 is 0 Å². The Bertz CT molecular complexity index is 775. The van der Waals surface area contributed by atoms with Gasteiger partial charge in [0.1, 0.15) is 23.1 Å². The molecule has 2 rings (SSSR count). The molecule has 0 aliphatic carbocycles. The number of rotatable bonds is 7. The first-order chi connectivity index (χ1) is 10.8. The molecular weight excluding hydrogens is 362 g/mol. The molecule has 0 fully saturated rings. The third-order valence-corrected chi connectivity index (χ3v) is 4.48. The van der Waals surface area contributed by atoms with Gasteiger partial charge in [-0.1, -0.05) is 11.6 Å². The summed E-state index contributed by atoms with van der Waals surface area (Å²) >= 11 is 7.05. The second-order valence-corrected chi connectivity index (χ2v) is 7.61. The van der Waals surface area contributed by atoms with Gasteiger partial charge in [0.05, 0.1) is 5.75 Å². The van der Waals surface area contributed by atoms with Crippen LogP contribution in [0.25, 0.3) is 0 Å². The summed E-state index contributed by atoms with van der Waals surface area (Å²) in [4.78, 5) is 15.9. The van der Waals surface area contributed by atoms with E-state index in [-0.39, 0.29) is 24.6 Å². The number of hydrogen-bond donors (Lipinski definition) is 2. The average Bonchev–Trinajstić information content (AvgIpc) is 2.94. The van der Waals surface area contributed by atoms with Gasteiger partial charge in [-0.05, 0) is 24.3 Å². The fraction of sp³-hybridized carbons (Fsp3) is 0.231. The van der Waals surface area contributed by atoms with E-state index in [1.54, 1.807) is 29.6 Å². The number of primary sulfonamides is 1. The van der Waals surface area contributed by atoms with Crippen molar-refractivity contribution >= 4 is 38.9 Å². The number of aromatic nitrogens is 1. The van der Waals surface area contributed by atoms with E-state index in [9.17, 15) is 13.2 Å². The van der Waals surface area contributed by atoms with E-state index >= 15 is 0 Å². The number of halogens is 1. The lowest BCUT2D eigenvalue weighted by molar-refractivity contribution is 0.0951. The van der Waals surface area contributed by atoms with Crippen molar-refractivity contribution in [3.8, 4) is 5.75 Å². The molecule has 0 atom stereocenters. The highest BCUT2D eigenvalue weighted by molar-refractivity contribution is 7.89. The zero-order valence-electron chi connectivity index (χ0n) is 11.9. The van der Waals surface area contributed by atoms with Gasteiger partial charge in [0.2, 0.25) is 10.0 Å². The van der Waals surface area contributed by atoms with Crippen LogP contribution in [0.4, 0.5) is 0 Å². The van der Waals surface area contributed by atoms with Crippen LogP contribution in [0.2, 0.25) is 5.02 Å². The Morgan fingerprint density at radius 1 is 1.35 bits per heavy atom. The summed E-state index contributed by atoms with van der Waals surface area (Å²) in [6.07, 6.45) is 0. The van der Waals surface area contributed by atoms with E-state index in [4.69, 9.17) is 21.5 Å². The van der Waals surface area contributed by atoms with Crippen molar-refractivity contribution in [3.05, 3.63) is 45.4 Å². The van der Waals surface area contributed by atoms with Gasteiger partial charge < -0.3 is 10.1 Å². The fourth-order valence-corrected chi connectivity index (χ4v) is 2.75. The van der Waals surface area contributed by atoms with E-state index in [0.29, 0.717) is 15.8 Å². The number of nitrogens with zero attached hydrogens (tertiary/aromatic N) is 1. The SMILES string of the molecule is NS(=O)(=O)CCNC(=O)c1csc(COc2ccc(Cl)cc2)n1. The minimum Gasteiger partial charge on any atom is -0.486 e. The van der Waals surface area contributed by atoms with Gasteiger partial charge in [-0.3, -0.25) is 4.79 Å². The molecule has 7 nitrogen and oxygen atoms in total. The summed E-state index contributed by atoms with van der Waals surface area (Å²) in [5.74, 6) is -0.138. The van der Waals surface area contributed by atoms with E-state index in [2.05, 4.69) is 10.3 Å². The lowest BCUT2D eigenvalue weighted by Gasteiger charge is -2.03. The van der Waals surface area contributed by atoms with Crippen molar-refractivity contribution in [2.45, 2.75) is 6.61 Å². The number of thiazole rings is 1. The first-order valence-electron chi connectivity index (χ1n) is 6.45. The van der Waals surface area contributed by atoms with Crippen LogP contribution in [-0.2, 0) is 16.6 Å². The van der Waals surface area contributed by atoms with E-state index in [1.165, 1.54) is 11.3 Å². The highest BCUT2D eigenvalue weighted by Crippen LogP contribution is 2.18. The Kier molecular flexibility index (Phi) is 5.94. The highest BCUT2D eigenvalue weighted by atomic mass is 35.5. The third-order valence-electron chi connectivity index (χ3n) is 2.63. The maximum Gasteiger partial charge on any atom is 0.270 e. The van der Waals surface area contributed by atoms with Crippen LogP contribution in [0.1, 0.15) is 15.5 Å². The van der Waals surface area contributed by atoms with Gasteiger partial charge in [-0.2, -0.15) is 0 Å². The minimum absolute atomic E-state index is 0.0637. The topological polar surface area (TPSA) is 111 Å². The van der Waals surface area contributed by atoms with Crippen LogP contribution >= 0.6 is 22.9 Å². The van der Waals surface area contributed by atoms with Crippen molar-refractivity contribution in [1.82, 2.24) is 10.3 Å². The summed E-state index contributed by atoms with van der Waals surface area (Å²) < 4.78 is 27.1. The Balaban J connectivity index is 1.85. The largest absolute Gasteiger partial charge is 0.486 e. The van der Waals surface area contributed by atoms with Crippen molar-refractivity contribution in [2.75, 3.05) is 12.3 Å². The standard InChI is InChI=1S/C13H14ClN3O4S2/c14-9-1-3-10(4-2-9)21-7-12-17-11(8-22-12)13(18)16-5-6-23(15,19)20/h1-4,8H,5-7H2,(H,16,18)(H2,15,19,20). The lowest BCUT2D eigenvalue weighted by atomic mass is 10.3. The zero-order chi connectivity index (χ0) is 16.9. The highest BCUT2D eigenvalue weighted by Gasteiger charge is 2.12. The minimum atomic E-state index is -3.60. The molecule has 1 amide bonds. The van der Waals surface area contributed by atoms with Crippen molar-refractivity contribution in [1.29, 1.82) is 0 Å². The van der Waals surface area contributed by atoms with E-state index in [1.807, 2.05) is 0 Å². The molecule has 0 bridgehead atoms. The van der Waals surface area contributed by atoms with Crippen LogP contribution < -0.4 is 15.2 Å². The maximum absolute atomic E-state index is 11.8. The molecule has 124 valence electrons.